The van der Waals surface area contributed by atoms with Crippen molar-refractivity contribution < 1.29 is 9.60 Å². The second-order valence-electron chi connectivity index (χ2n) is 1.96. The molecular formula is C7H9ClFNO. The Morgan fingerprint density at radius 2 is 2.18 bits per heavy atom. The summed E-state index contributed by atoms with van der Waals surface area (Å²) in [5, 5.41) is 8.24. The third-order valence-electron chi connectivity index (χ3n) is 1.17. The minimum atomic E-state index is -0.284. The van der Waals surface area contributed by atoms with Gasteiger partial charge in [-0.2, -0.15) is 0 Å². The Morgan fingerprint density at radius 3 is 2.73 bits per heavy atom. The van der Waals surface area contributed by atoms with E-state index in [0.29, 0.717) is 0 Å². The molecule has 0 bridgehead atoms. The minimum Gasteiger partial charge on any atom is -0.316 e. The van der Waals surface area contributed by atoms with Gasteiger partial charge in [0.25, 0.3) is 0 Å². The average molecular weight is 178 g/mol. The Kier molecular flexibility index (Phi) is 4.77. The zero-order valence-corrected chi connectivity index (χ0v) is 6.57. The van der Waals surface area contributed by atoms with Crippen molar-refractivity contribution in [3.05, 3.63) is 35.6 Å². The van der Waals surface area contributed by atoms with Gasteiger partial charge in [-0.05, 0) is 17.7 Å². The SMILES string of the molecule is Cl.ONCc1cccc(F)c1. The van der Waals surface area contributed by atoms with Crippen molar-refractivity contribution >= 4 is 12.4 Å². The van der Waals surface area contributed by atoms with E-state index in [1.807, 2.05) is 5.48 Å². The van der Waals surface area contributed by atoms with E-state index in [-0.39, 0.29) is 24.8 Å². The summed E-state index contributed by atoms with van der Waals surface area (Å²) in [6.45, 7) is 0.276. The molecule has 0 saturated carbocycles. The highest BCUT2D eigenvalue weighted by Crippen LogP contribution is 2.01. The molecular weight excluding hydrogens is 169 g/mol. The van der Waals surface area contributed by atoms with Gasteiger partial charge in [-0.1, -0.05) is 12.1 Å². The summed E-state index contributed by atoms with van der Waals surface area (Å²) in [4.78, 5) is 0. The number of benzene rings is 1. The van der Waals surface area contributed by atoms with Crippen LogP contribution in [0.4, 0.5) is 4.39 Å². The summed E-state index contributed by atoms with van der Waals surface area (Å²) in [6.07, 6.45) is 0. The lowest BCUT2D eigenvalue weighted by Gasteiger charge is -1.96. The lowest BCUT2D eigenvalue weighted by Crippen LogP contribution is -2.05. The quantitative estimate of drug-likeness (QED) is 0.675. The van der Waals surface area contributed by atoms with Gasteiger partial charge in [0, 0.05) is 6.54 Å². The monoisotopic (exact) mass is 177 g/mol. The molecule has 2 N–H and O–H groups in total. The zero-order valence-electron chi connectivity index (χ0n) is 5.75. The van der Waals surface area contributed by atoms with Crippen molar-refractivity contribution in [3.63, 3.8) is 0 Å². The fourth-order valence-corrected chi connectivity index (χ4v) is 0.738. The van der Waals surface area contributed by atoms with Crippen LogP contribution in [0, 0.1) is 5.82 Å². The first-order valence-electron chi connectivity index (χ1n) is 2.94. The fourth-order valence-electron chi connectivity index (χ4n) is 0.738. The normalized spacial score (nSPS) is 8.91. The maximum absolute atomic E-state index is 12.4. The van der Waals surface area contributed by atoms with Crippen LogP contribution in [-0.4, -0.2) is 5.21 Å². The maximum Gasteiger partial charge on any atom is 0.123 e. The number of hydroxylamine groups is 1. The largest absolute Gasteiger partial charge is 0.316 e. The van der Waals surface area contributed by atoms with E-state index in [1.54, 1.807) is 12.1 Å². The van der Waals surface area contributed by atoms with Crippen LogP contribution in [0.15, 0.2) is 24.3 Å². The lowest BCUT2D eigenvalue weighted by atomic mass is 10.2. The smallest absolute Gasteiger partial charge is 0.123 e. The molecule has 0 aliphatic heterocycles. The summed E-state index contributed by atoms with van der Waals surface area (Å²) < 4.78 is 12.4. The van der Waals surface area contributed by atoms with E-state index in [4.69, 9.17) is 5.21 Å². The van der Waals surface area contributed by atoms with Crippen LogP contribution in [0.3, 0.4) is 0 Å². The molecule has 0 radical (unpaired) electrons. The first-order valence-corrected chi connectivity index (χ1v) is 2.94. The average Bonchev–Trinajstić information content (AvgIpc) is 1.88. The number of hydrogen-bond acceptors (Lipinski definition) is 2. The van der Waals surface area contributed by atoms with Crippen LogP contribution in [0.5, 0.6) is 0 Å². The molecule has 1 aromatic rings. The standard InChI is InChI=1S/C7H8FNO.ClH/c8-7-3-1-2-6(4-7)5-9-10;/h1-4,9-10H,5H2;1H. The van der Waals surface area contributed by atoms with E-state index >= 15 is 0 Å². The molecule has 1 aromatic carbocycles. The second-order valence-corrected chi connectivity index (χ2v) is 1.96. The second kappa shape index (κ2) is 5.07. The summed E-state index contributed by atoms with van der Waals surface area (Å²) in [6, 6.07) is 6.05. The molecule has 0 aliphatic carbocycles. The summed E-state index contributed by atoms with van der Waals surface area (Å²) >= 11 is 0. The maximum atomic E-state index is 12.4. The van der Waals surface area contributed by atoms with E-state index < -0.39 is 0 Å². The van der Waals surface area contributed by atoms with Crippen LogP contribution >= 0.6 is 12.4 Å². The third kappa shape index (κ3) is 3.32. The molecule has 0 unspecified atom stereocenters. The highest BCUT2D eigenvalue weighted by Gasteiger charge is 1.91. The summed E-state index contributed by atoms with van der Waals surface area (Å²) in [5.41, 5.74) is 2.67. The van der Waals surface area contributed by atoms with Crippen molar-refractivity contribution in [2.45, 2.75) is 6.54 Å². The highest BCUT2D eigenvalue weighted by atomic mass is 35.5. The molecule has 11 heavy (non-hydrogen) atoms. The molecule has 1 rings (SSSR count). The van der Waals surface area contributed by atoms with Crippen LogP contribution in [0.25, 0.3) is 0 Å². The van der Waals surface area contributed by atoms with Gasteiger partial charge in [0.05, 0.1) is 0 Å². The molecule has 4 heteroatoms. The molecule has 0 saturated heterocycles. The van der Waals surface area contributed by atoms with Gasteiger partial charge in [-0.15, -0.1) is 12.4 Å². The Labute approximate surface area is 70.4 Å². The number of rotatable bonds is 2. The van der Waals surface area contributed by atoms with E-state index in [9.17, 15) is 4.39 Å². The predicted molar refractivity (Wildman–Crippen MR) is 42.3 cm³/mol. The first kappa shape index (κ1) is 10.4. The van der Waals surface area contributed by atoms with Crippen molar-refractivity contribution in [1.82, 2.24) is 5.48 Å². The van der Waals surface area contributed by atoms with Crippen LogP contribution < -0.4 is 5.48 Å². The van der Waals surface area contributed by atoms with Crippen LogP contribution in [-0.2, 0) is 6.54 Å². The first-order chi connectivity index (χ1) is 4.83. The van der Waals surface area contributed by atoms with Crippen molar-refractivity contribution in [2.75, 3.05) is 0 Å². The molecule has 0 fully saturated rings. The van der Waals surface area contributed by atoms with E-state index in [1.165, 1.54) is 12.1 Å². The molecule has 62 valence electrons. The van der Waals surface area contributed by atoms with Crippen molar-refractivity contribution in [1.29, 1.82) is 0 Å². The van der Waals surface area contributed by atoms with Crippen LogP contribution in [0.1, 0.15) is 5.56 Å². The zero-order chi connectivity index (χ0) is 7.40. The number of halogens is 2. The van der Waals surface area contributed by atoms with Gasteiger partial charge in [0.15, 0.2) is 0 Å². The minimum absolute atomic E-state index is 0. The molecule has 0 amide bonds. The Hall–Kier alpha value is -0.640. The molecule has 0 aromatic heterocycles. The Balaban J connectivity index is 0.000001000. The fraction of sp³-hybridized carbons (Fsp3) is 0.143. The van der Waals surface area contributed by atoms with Crippen molar-refractivity contribution in [3.8, 4) is 0 Å². The van der Waals surface area contributed by atoms with E-state index in [2.05, 4.69) is 0 Å². The van der Waals surface area contributed by atoms with Crippen LogP contribution in [0.2, 0.25) is 0 Å². The van der Waals surface area contributed by atoms with Gasteiger partial charge >= 0.3 is 0 Å². The lowest BCUT2D eigenvalue weighted by molar-refractivity contribution is 0.161. The Morgan fingerprint density at radius 1 is 1.45 bits per heavy atom. The molecule has 2 nitrogen and oxygen atoms in total. The Bertz CT molecular complexity index is 219. The van der Waals surface area contributed by atoms with Gasteiger partial charge in [-0.3, -0.25) is 0 Å². The van der Waals surface area contributed by atoms with Crippen molar-refractivity contribution in [2.24, 2.45) is 0 Å². The topological polar surface area (TPSA) is 32.3 Å². The highest BCUT2D eigenvalue weighted by molar-refractivity contribution is 5.85. The van der Waals surface area contributed by atoms with Gasteiger partial charge in [0.2, 0.25) is 0 Å². The molecule has 0 heterocycles. The molecule has 0 atom stereocenters. The third-order valence-corrected chi connectivity index (χ3v) is 1.17. The van der Waals surface area contributed by atoms with E-state index in [0.717, 1.165) is 5.56 Å². The molecule has 0 aliphatic rings. The summed E-state index contributed by atoms with van der Waals surface area (Å²) in [7, 11) is 0. The van der Waals surface area contributed by atoms with Gasteiger partial charge in [-0.25, -0.2) is 9.87 Å². The van der Waals surface area contributed by atoms with Gasteiger partial charge in [0.1, 0.15) is 5.82 Å². The summed E-state index contributed by atoms with van der Waals surface area (Å²) in [5.74, 6) is -0.284. The van der Waals surface area contributed by atoms with Gasteiger partial charge < -0.3 is 5.21 Å². The number of hydrogen-bond donors (Lipinski definition) is 2. The molecule has 0 spiro atoms. The number of nitrogens with one attached hydrogen (secondary N) is 1. The predicted octanol–water partition coefficient (Wildman–Crippen LogP) is 1.73.